The zero-order chi connectivity index (χ0) is 15.1. The lowest BCUT2D eigenvalue weighted by Gasteiger charge is -2.19. The first-order valence-corrected chi connectivity index (χ1v) is 9.13. The molecule has 0 spiro atoms. The van der Waals surface area contributed by atoms with E-state index in [9.17, 15) is 17.6 Å². The van der Waals surface area contributed by atoms with E-state index in [0.717, 1.165) is 0 Å². The molecule has 20 heavy (non-hydrogen) atoms. The molecule has 4 nitrogen and oxygen atoms in total. The number of hydrogen-bond acceptors (Lipinski definition) is 3. The number of hydrogen-bond donors (Lipinski definition) is 0. The molecule has 0 N–H and O–H groups in total. The molecule has 2 rings (SSSR count). The predicted octanol–water partition coefficient (Wildman–Crippen LogP) is 2.82. The van der Waals surface area contributed by atoms with Crippen LogP contribution in [0.1, 0.15) is 12.0 Å². The maximum Gasteiger partial charge on any atom is 0.232 e. The van der Waals surface area contributed by atoms with Gasteiger partial charge in [-0.25, -0.2) is 12.8 Å². The lowest BCUT2D eigenvalue weighted by molar-refractivity contribution is -0.117. The first kappa shape index (κ1) is 15.7. The van der Waals surface area contributed by atoms with Gasteiger partial charge in [-0.2, -0.15) is 0 Å². The van der Waals surface area contributed by atoms with Crippen LogP contribution in [0.15, 0.2) is 16.6 Å². The SMILES string of the molecule is Cc1cc(F)c(Br)cc1N1CC(CS(=O)(=O)Cl)CC1=O. The van der Waals surface area contributed by atoms with Gasteiger partial charge in [-0.05, 0) is 40.5 Å². The maximum absolute atomic E-state index is 13.4. The molecule has 1 aromatic carbocycles. The van der Waals surface area contributed by atoms with E-state index in [4.69, 9.17) is 10.7 Å². The van der Waals surface area contributed by atoms with Crippen molar-refractivity contribution in [2.24, 2.45) is 5.92 Å². The fourth-order valence-corrected chi connectivity index (χ4v) is 3.99. The zero-order valence-electron chi connectivity index (χ0n) is 10.6. The normalized spacial score (nSPS) is 19.7. The molecule has 1 fully saturated rings. The van der Waals surface area contributed by atoms with Crippen LogP contribution >= 0.6 is 26.6 Å². The standard InChI is InChI=1S/C12H12BrClFNO3S/c1-7-2-10(15)9(13)4-11(7)16-5-8(3-12(16)17)6-20(14,18)19/h2,4,8H,3,5-6H2,1H3. The van der Waals surface area contributed by atoms with Crippen molar-refractivity contribution in [1.82, 2.24) is 0 Å². The number of rotatable bonds is 3. The van der Waals surface area contributed by atoms with E-state index in [0.29, 0.717) is 11.3 Å². The van der Waals surface area contributed by atoms with E-state index < -0.39 is 14.9 Å². The monoisotopic (exact) mass is 383 g/mol. The van der Waals surface area contributed by atoms with Gasteiger partial charge in [0.1, 0.15) is 5.82 Å². The molecule has 1 amide bonds. The summed E-state index contributed by atoms with van der Waals surface area (Å²) in [5.41, 5.74) is 1.20. The van der Waals surface area contributed by atoms with E-state index in [1.807, 2.05) is 0 Å². The van der Waals surface area contributed by atoms with Crippen molar-refractivity contribution in [2.75, 3.05) is 17.2 Å². The lowest BCUT2D eigenvalue weighted by Crippen LogP contribution is -2.26. The molecule has 8 heteroatoms. The molecule has 1 aliphatic rings. The minimum absolute atomic E-state index is 0.125. The second-order valence-electron chi connectivity index (χ2n) is 4.83. The average molecular weight is 385 g/mol. The summed E-state index contributed by atoms with van der Waals surface area (Å²) in [6.45, 7) is 1.97. The van der Waals surface area contributed by atoms with Gasteiger partial charge in [0.2, 0.25) is 15.0 Å². The van der Waals surface area contributed by atoms with E-state index in [2.05, 4.69) is 15.9 Å². The van der Waals surface area contributed by atoms with Crippen LogP contribution in [0.4, 0.5) is 10.1 Å². The van der Waals surface area contributed by atoms with Crippen LogP contribution in [0.2, 0.25) is 0 Å². The molecule has 1 saturated heterocycles. The van der Waals surface area contributed by atoms with Crippen molar-refractivity contribution in [3.63, 3.8) is 0 Å². The summed E-state index contributed by atoms with van der Waals surface area (Å²) >= 11 is 3.08. The first-order valence-electron chi connectivity index (χ1n) is 5.85. The van der Waals surface area contributed by atoms with Crippen molar-refractivity contribution in [2.45, 2.75) is 13.3 Å². The van der Waals surface area contributed by atoms with Gasteiger partial charge in [0.05, 0.1) is 10.2 Å². The minimum atomic E-state index is -3.64. The van der Waals surface area contributed by atoms with Crippen molar-refractivity contribution in [3.05, 3.63) is 28.0 Å². The highest BCUT2D eigenvalue weighted by atomic mass is 79.9. The maximum atomic E-state index is 13.4. The van der Waals surface area contributed by atoms with Gasteiger partial charge in [-0.1, -0.05) is 0 Å². The van der Waals surface area contributed by atoms with Crippen LogP contribution in [0.3, 0.4) is 0 Å². The van der Waals surface area contributed by atoms with Crippen LogP contribution in [-0.2, 0) is 13.8 Å². The third-order valence-electron chi connectivity index (χ3n) is 3.17. The molecule has 1 aromatic rings. The number of nitrogens with zero attached hydrogens (tertiary/aromatic N) is 1. The minimum Gasteiger partial charge on any atom is -0.312 e. The summed E-state index contributed by atoms with van der Waals surface area (Å²) in [7, 11) is 1.58. The van der Waals surface area contributed by atoms with Crippen LogP contribution < -0.4 is 4.90 Å². The van der Waals surface area contributed by atoms with Crippen molar-refractivity contribution >= 4 is 47.3 Å². The molecule has 0 aliphatic carbocycles. The highest BCUT2D eigenvalue weighted by Crippen LogP contribution is 2.32. The topological polar surface area (TPSA) is 54.5 Å². The lowest BCUT2D eigenvalue weighted by atomic mass is 10.1. The number of amides is 1. The molecule has 1 atom stereocenters. The zero-order valence-corrected chi connectivity index (χ0v) is 13.7. The quantitative estimate of drug-likeness (QED) is 0.753. The molecule has 1 aliphatic heterocycles. The van der Waals surface area contributed by atoms with Crippen LogP contribution in [0, 0.1) is 18.7 Å². The van der Waals surface area contributed by atoms with E-state index in [1.165, 1.54) is 17.0 Å². The van der Waals surface area contributed by atoms with Crippen LogP contribution in [0.25, 0.3) is 0 Å². The van der Waals surface area contributed by atoms with Gasteiger partial charge in [0.15, 0.2) is 0 Å². The molecule has 1 heterocycles. The number of anilines is 1. The Morgan fingerprint density at radius 3 is 2.75 bits per heavy atom. The van der Waals surface area contributed by atoms with Crippen molar-refractivity contribution in [1.29, 1.82) is 0 Å². The van der Waals surface area contributed by atoms with E-state index in [-0.39, 0.29) is 35.0 Å². The molecule has 0 aromatic heterocycles. The van der Waals surface area contributed by atoms with Crippen LogP contribution in [0.5, 0.6) is 0 Å². The van der Waals surface area contributed by atoms with Crippen molar-refractivity contribution in [3.8, 4) is 0 Å². The number of aryl methyl sites for hydroxylation is 1. The Balaban J connectivity index is 2.26. The molecule has 110 valence electrons. The molecular formula is C12H12BrClFNO3S. The van der Waals surface area contributed by atoms with E-state index in [1.54, 1.807) is 6.92 Å². The number of halogens is 3. The Kier molecular flexibility index (Phi) is 4.41. The number of carbonyl (C=O) groups is 1. The third-order valence-corrected chi connectivity index (χ3v) is 5.02. The Hall–Kier alpha value is -0.660. The fraction of sp³-hybridized carbons (Fsp3) is 0.417. The van der Waals surface area contributed by atoms with Crippen LogP contribution in [-0.4, -0.2) is 26.6 Å². The number of carbonyl (C=O) groups excluding carboxylic acids is 1. The van der Waals surface area contributed by atoms with Gasteiger partial charge in [-0.3, -0.25) is 4.79 Å². The Morgan fingerprint density at radius 1 is 1.50 bits per heavy atom. The smallest absolute Gasteiger partial charge is 0.232 e. The van der Waals surface area contributed by atoms with Gasteiger partial charge in [0.25, 0.3) is 0 Å². The second-order valence-corrected chi connectivity index (χ2v) is 8.51. The Labute approximate surface area is 129 Å². The highest BCUT2D eigenvalue weighted by Gasteiger charge is 2.34. The number of benzene rings is 1. The fourth-order valence-electron chi connectivity index (χ4n) is 2.33. The Morgan fingerprint density at radius 2 is 2.15 bits per heavy atom. The van der Waals surface area contributed by atoms with Gasteiger partial charge >= 0.3 is 0 Å². The summed E-state index contributed by atoms with van der Waals surface area (Å²) in [6, 6.07) is 2.86. The molecular weight excluding hydrogens is 373 g/mol. The Bertz CT molecular complexity index is 665. The van der Waals surface area contributed by atoms with E-state index >= 15 is 0 Å². The summed E-state index contributed by atoms with van der Waals surface area (Å²) < 4.78 is 35.8. The van der Waals surface area contributed by atoms with Gasteiger partial charge in [0, 0.05) is 35.3 Å². The van der Waals surface area contributed by atoms with Gasteiger partial charge in [-0.15, -0.1) is 0 Å². The summed E-state index contributed by atoms with van der Waals surface area (Å²) in [6.07, 6.45) is 0.125. The van der Waals surface area contributed by atoms with Crippen molar-refractivity contribution < 1.29 is 17.6 Å². The summed E-state index contributed by atoms with van der Waals surface area (Å²) in [5, 5.41) is 0. The third kappa shape index (κ3) is 3.51. The molecule has 0 saturated carbocycles. The first-order chi connectivity index (χ1) is 9.17. The largest absolute Gasteiger partial charge is 0.312 e. The highest BCUT2D eigenvalue weighted by molar-refractivity contribution is 9.10. The second kappa shape index (κ2) is 5.61. The molecule has 1 unspecified atom stereocenters. The summed E-state index contributed by atoms with van der Waals surface area (Å²) in [5.74, 6) is -1.17. The molecule has 0 radical (unpaired) electrons. The van der Waals surface area contributed by atoms with Gasteiger partial charge < -0.3 is 4.90 Å². The molecule has 0 bridgehead atoms. The summed E-state index contributed by atoms with van der Waals surface area (Å²) in [4.78, 5) is 13.5. The average Bonchev–Trinajstić information content (AvgIpc) is 2.62. The predicted molar refractivity (Wildman–Crippen MR) is 78.9 cm³/mol.